The Morgan fingerprint density at radius 2 is 1.80 bits per heavy atom. The molecule has 0 radical (unpaired) electrons. The van der Waals surface area contributed by atoms with Gasteiger partial charge in [-0.2, -0.15) is 0 Å². The first-order chi connectivity index (χ1) is 6.94. The standard InChI is InChI=1S/C12H23NO2/c1-11(2,3)9-4-5-12(10(13)8-9)14-6-7-15-12/h9-10H,4-8,13H2,1-3H3. The average Bonchev–Trinajstić information content (AvgIpc) is 2.58. The van der Waals surface area contributed by atoms with E-state index in [1.807, 2.05) is 0 Å². The lowest BCUT2D eigenvalue weighted by atomic mass is 9.69. The summed E-state index contributed by atoms with van der Waals surface area (Å²) < 4.78 is 11.4. The van der Waals surface area contributed by atoms with Crippen molar-refractivity contribution in [2.75, 3.05) is 13.2 Å². The van der Waals surface area contributed by atoms with Crippen LogP contribution in [0, 0.1) is 11.3 Å². The summed E-state index contributed by atoms with van der Waals surface area (Å²) in [5.74, 6) is 0.243. The molecule has 2 N–H and O–H groups in total. The zero-order valence-corrected chi connectivity index (χ0v) is 10.1. The molecule has 88 valence electrons. The summed E-state index contributed by atoms with van der Waals surface area (Å²) in [4.78, 5) is 0. The second-order valence-corrected chi connectivity index (χ2v) is 5.95. The van der Waals surface area contributed by atoms with E-state index in [0.717, 1.165) is 19.3 Å². The summed E-state index contributed by atoms with van der Waals surface area (Å²) in [5.41, 5.74) is 6.56. The van der Waals surface area contributed by atoms with Gasteiger partial charge in [0.25, 0.3) is 0 Å². The van der Waals surface area contributed by atoms with Crippen LogP contribution in [0.3, 0.4) is 0 Å². The van der Waals surface area contributed by atoms with E-state index in [9.17, 15) is 0 Å². The molecule has 0 aromatic rings. The Kier molecular flexibility index (Phi) is 2.82. The zero-order chi connectivity index (χ0) is 11.1. The van der Waals surface area contributed by atoms with Crippen LogP contribution in [-0.2, 0) is 9.47 Å². The summed E-state index contributed by atoms with van der Waals surface area (Å²) in [5, 5.41) is 0. The first-order valence-electron chi connectivity index (χ1n) is 5.97. The fourth-order valence-electron chi connectivity index (χ4n) is 2.78. The Morgan fingerprint density at radius 1 is 1.20 bits per heavy atom. The summed E-state index contributed by atoms with van der Waals surface area (Å²) in [6.45, 7) is 8.28. The maximum Gasteiger partial charge on any atom is 0.183 e. The Morgan fingerprint density at radius 3 is 2.27 bits per heavy atom. The van der Waals surface area contributed by atoms with Crippen LogP contribution in [0.25, 0.3) is 0 Å². The molecule has 0 aromatic heterocycles. The SMILES string of the molecule is CC(C)(C)C1CCC2(OCCO2)C(N)C1. The van der Waals surface area contributed by atoms with E-state index in [0.29, 0.717) is 24.5 Å². The highest BCUT2D eigenvalue weighted by Crippen LogP contribution is 2.43. The lowest BCUT2D eigenvalue weighted by molar-refractivity contribution is -0.198. The van der Waals surface area contributed by atoms with Crippen LogP contribution in [0.2, 0.25) is 0 Å². The molecule has 1 spiro atoms. The van der Waals surface area contributed by atoms with Crippen molar-refractivity contribution in [3.63, 3.8) is 0 Å². The minimum atomic E-state index is -0.443. The maximum absolute atomic E-state index is 6.21. The molecular weight excluding hydrogens is 190 g/mol. The molecule has 2 aliphatic rings. The predicted octanol–water partition coefficient (Wildman–Crippen LogP) is 1.90. The molecule has 0 aromatic carbocycles. The third-order valence-corrected chi connectivity index (χ3v) is 3.95. The Bertz CT molecular complexity index is 228. The van der Waals surface area contributed by atoms with Crippen LogP contribution in [0.5, 0.6) is 0 Å². The highest BCUT2D eigenvalue weighted by atomic mass is 16.7. The van der Waals surface area contributed by atoms with Gasteiger partial charge >= 0.3 is 0 Å². The van der Waals surface area contributed by atoms with Crippen molar-refractivity contribution in [2.24, 2.45) is 17.1 Å². The van der Waals surface area contributed by atoms with Gasteiger partial charge in [0, 0.05) is 6.42 Å². The summed E-state index contributed by atoms with van der Waals surface area (Å²) in [6.07, 6.45) is 3.14. The molecular formula is C12H23NO2. The summed E-state index contributed by atoms with van der Waals surface area (Å²) in [6, 6.07) is 0.0398. The smallest absolute Gasteiger partial charge is 0.183 e. The first-order valence-corrected chi connectivity index (χ1v) is 5.97. The number of hydrogen-bond acceptors (Lipinski definition) is 3. The summed E-state index contributed by atoms with van der Waals surface area (Å²) in [7, 11) is 0. The van der Waals surface area contributed by atoms with Crippen molar-refractivity contribution in [1.82, 2.24) is 0 Å². The van der Waals surface area contributed by atoms with Crippen LogP contribution in [-0.4, -0.2) is 25.0 Å². The van der Waals surface area contributed by atoms with Gasteiger partial charge in [-0.25, -0.2) is 0 Å². The molecule has 3 heteroatoms. The van der Waals surface area contributed by atoms with Crippen LogP contribution in [0.1, 0.15) is 40.0 Å². The topological polar surface area (TPSA) is 44.5 Å². The quantitative estimate of drug-likeness (QED) is 0.668. The Balaban J connectivity index is 2.03. The van der Waals surface area contributed by atoms with E-state index in [4.69, 9.17) is 15.2 Å². The van der Waals surface area contributed by atoms with Gasteiger partial charge in [-0.3, -0.25) is 0 Å². The van der Waals surface area contributed by atoms with E-state index < -0.39 is 5.79 Å². The molecule has 1 aliphatic carbocycles. The van der Waals surface area contributed by atoms with Crippen LogP contribution < -0.4 is 5.73 Å². The average molecular weight is 213 g/mol. The van der Waals surface area contributed by atoms with Gasteiger partial charge in [-0.1, -0.05) is 20.8 Å². The van der Waals surface area contributed by atoms with Gasteiger partial charge in [-0.15, -0.1) is 0 Å². The maximum atomic E-state index is 6.21. The number of nitrogens with two attached hydrogens (primary N) is 1. The largest absolute Gasteiger partial charge is 0.346 e. The molecule has 2 fully saturated rings. The molecule has 2 atom stereocenters. The molecule has 1 saturated heterocycles. The van der Waals surface area contributed by atoms with Crippen LogP contribution >= 0.6 is 0 Å². The van der Waals surface area contributed by atoms with Crippen molar-refractivity contribution in [1.29, 1.82) is 0 Å². The first kappa shape index (κ1) is 11.4. The van der Waals surface area contributed by atoms with Crippen molar-refractivity contribution in [3.05, 3.63) is 0 Å². The van der Waals surface area contributed by atoms with Crippen molar-refractivity contribution in [3.8, 4) is 0 Å². The lowest BCUT2D eigenvalue weighted by Gasteiger charge is -2.44. The highest BCUT2D eigenvalue weighted by molar-refractivity contribution is 4.95. The van der Waals surface area contributed by atoms with Gasteiger partial charge in [0.2, 0.25) is 0 Å². The fourth-order valence-corrected chi connectivity index (χ4v) is 2.78. The van der Waals surface area contributed by atoms with Crippen molar-refractivity contribution < 1.29 is 9.47 Å². The fraction of sp³-hybridized carbons (Fsp3) is 1.00. The van der Waals surface area contributed by atoms with Gasteiger partial charge in [0.05, 0.1) is 19.3 Å². The minimum Gasteiger partial charge on any atom is -0.346 e. The molecule has 0 bridgehead atoms. The molecule has 1 saturated carbocycles. The van der Waals surface area contributed by atoms with E-state index >= 15 is 0 Å². The molecule has 1 aliphatic heterocycles. The molecule has 2 unspecified atom stereocenters. The Hall–Kier alpha value is -0.120. The third kappa shape index (κ3) is 2.05. The number of hydrogen-bond donors (Lipinski definition) is 1. The predicted molar refractivity (Wildman–Crippen MR) is 59.4 cm³/mol. The van der Waals surface area contributed by atoms with E-state index in [2.05, 4.69) is 20.8 Å². The van der Waals surface area contributed by atoms with E-state index in [1.165, 1.54) is 0 Å². The normalized spacial score (nSPS) is 36.0. The van der Waals surface area contributed by atoms with Crippen LogP contribution in [0.15, 0.2) is 0 Å². The van der Waals surface area contributed by atoms with E-state index in [1.54, 1.807) is 0 Å². The molecule has 2 rings (SSSR count). The van der Waals surface area contributed by atoms with Gasteiger partial charge in [0.1, 0.15) is 0 Å². The van der Waals surface area contributed by atoms with Crippen molar-refractivity contribution in [2.45, 2.75) is 51.9 Å². The molecule has 3 nitrogen and oxygen atoms in total. The van der Waals surface area contributed by atoms with Crippen LogP contribution in [0.4, 0.5) is 0 Å². The second kappa shape index (κ2) is 3.72. The summed E-state index contributed by atoms with van der Waals surface area (Å²) >= 11 is 0. The minimum absolute atomic E-state index is 0.0398. The molecule has 1 heterocycles. The number of ether oxygens (including phenoxy) is 2. The Labute approximate surface area is 92.3 Å². The monoisotopic (exact) mass is 213 g/mol. The third-order valence-electron chi connectivity index (χ3n) is 3.95. The number of rotatable bonds is 0. The van der Waals surface area contributed by atoms with E-state index in [-0.39, 0.29) is 6.04 Å². The highest BCUT2D eigenvalue weighted by Gasteiger charge is 2.48. The zero-order valence-electron chi connectivity index (χ0n) is 10.1. The van der Waals surface area contributed by atoms with Gasteiger partial charge in [0.15, 0.2) is 5.79 Å². The molecule has 0 amide bonds. The lowest BCUT2D eigenvalue weighted by Crippen LogP contribution is -2.54. The van der Waals surface area contributed by atoms with Gasteiger partial charge in [-0.05, 0) is 24.2 Å². The molecule has 15 heavy (non-hydrogen) atoms. The van der Waals surface area contributed by atoms with Crippen molar-refractivity contribution >= 4 is 0 Å². The second-order valence-electron chi connectivity index (χ2n) is 5.95. The van der Waals surface area contributed by atoms with Gasteiger partial charge < -0.3 is 15.2 Å².